The van der Waals surface area contributed by atoms with Crippen molar-refractivity contribution in [2.45, 2.75) is 26.2 Å². The van der Waals surface area contributed by atoms with Crippen LogP contribution in [0, 0.1) is 10.1 Å². The minimum absolute atomic E-state index is 0.0518. The number of aromatic nitrogens is 1. The number of oxazole rings is 1. The lowest BCUT2D eigenvalue weighted by molar-refractivity contribution is -0.384. The van der Waals surface area contributed by atoms with Gasteiger partial charge in [-0.2, -0.15) is 0 Å². The Labute approximate surface area is 199 Å². The second kappa shape index (κ2) is 9.21. The number of nitro benzene ring substituents is 1. The molecule has 0 aliphatic rings. The summed E-state index contributed by atoms with van der Waals surface area (Å²) in [5, 5.41) is 14.0. The number of rotatable bonds is 6. The SMILES string of the molecule is CC[C@H](C)c1ccc2oc(-c3ccc(Cl)c(NC(=O)c4ccc(Cl)c([N+](=O)[O-])c4)c3)nc2c1. The molecule has 1 heterocycles. The highest BCUT2D eigenvalue weighted by molar-refractivity contribution is 6.34. The van der Waals surface area contributed by atoms with Crippen molar-refractivity contribution in [2.75, 3.05) is 5.32 Å². The number of amides is 1. The lowest BCUT2D eigenvalue weighted by Gasteiger charge is -2.09. The first-order chi connectivity index (χ1) is 15.8. The highest BCUT2D eigenvalue weighted by Gasteiger charge is 2.18. The van der Waals surface area contributed by atoms with E-state index in [0.29, 0.717) is 33.7 Å². The molecule has 0 aliphatic heterocycles. The number of carbonyl (C=O) groups is 1. The second-order valence-corrected chi connectivity index (χ2v) is 8.44. The molecule has 0 saturated carbocycles. The lowest BCUT2D eigenvalue weighted by atomic mass is 9.98. The van der Waals surface area contributed by atoms with Crippen LogP contribution in [-0.2, 0) is 0 Å². The Bertz CT molecular complexity index is 1380. The number of hydrogen-bond donors (Lipinski definition) is 1. The van der Waals surface area contributed by atoms with Gasteiger partial charge in [-0.1, -0.05) is 43.1 Å². The molecule has 0 unspecified atom stereocenters. The molecular formula is C24H19Cl2N3O4. The van der Waals surface area contributed by atoms with Crippen molar-refractivity contribution < 1.29 is 14.1 Å². The van der Waals surface area contributed by atoms with E-state index in [0.717, 1.165) is 18.0 Å². The number of fused-ring (bicyclic) bond motifs is 1. The summed E-state index contributed by atoms with van der Waals surface area (Å²) in [4.78, 5) is 27.8. The Morgan fingerprint density at radius 3 is 2.61 bits per heavy atom. The summed E-state index contributed by atoms with van der Waals surface area (Å²) in [7, 11) is 0. The Balaban J connectivity index is 1.64. The van der Waals surface area contributed by atoms with Gasteiger partial charge in [-0.3, -0.25) is 14.9 Å². The smallest absolute Gasteiger partial charge is 0.288 e. The van der Waals surface area contributed by atoms with Crippen LogP contribution in [0.25, 0.3) is 22.6 Å². The quantitative estimate of drug-likeness (QED) is 0.226. The van der Waals surface area contributed by atoms with Gasteiger partial charge in [-0.25, -0.2) is 4.98 Å². The van der Waals surface area contributed by atoms with E-state index in [2.05, 4.69) is 24.1 Å². The molecule has 3 aromatic carbocycles. The molecule has 0 aliphatic carbocycles. The summed E-state index contributed by atoms with van der Waals surface area (Å²) in [6.07, 6.45) is 1.02. The van der Waals surface area contributed by atoms with Crippen LogP contribution in [0.2, 0.25) is 10.0 Å². The van der Waals surface area contributed by atoms with Crippen LogP contribution in [0.4, 0.5) is 11.4 Å². The largest absolute Gasteiger partial charge is 0.436 e. The first-order valence-corrected chi connectivity index (χ1v) is 11.0. The third kappa shape index (κ3) is 4.69. The Morgan fingerprint density at radius 1 is 1.12 bits per heavy atom. The van der Waals surface area contributed by atoms with Gasteiger partial charge in [0.05, 0.1) is 15.6 Å². The molecule has 0 radical (unpaired) electrons. The van der Waals surface area contributed by atoms with Gasteiger partial charge in [-0.15, -0.1) is 0 Å². The zero-order valence-electron chi connectivity index (χ0n) is 17.8. The van der Waals surface area contributed by atoms with Gasteiger partial charge < -0.3 is 9.73 Å². The van der Waals surface area contributed by atoms with Crippen molar-refractivity contribution in [3.8, 4) is 11.5 Å². The number of nitrogens with zero attached hydrogens (tertiary/aromatic N) is 2. The van der Waals surface area contributed by atoms with E-state index in [9.17, 15) is 14.9 Å². The van der Waals surface area contributed by atoms with Crippen molar-refractivity contribution in [2.24, 2.45) is 0 Å². The predicted octanol–water partition coefficient (Wildman–Crippen LogP) is 7.48. The van der Waals surface area contributed by atoms with Gasteiger partial charge in [0.2, 0.25) is 5.89 Å². The zero-order chi connectivity index (χ0) is 23.7. The minimum atomic E-state index is -0.646. The second-order valence-electron chi connectivity index (χ2n) is 7.63. The molecule has 1 amide bonds. The molecule has 0 spiro atoms. The fourth-order valence-corrected chi connectivity index (χ4v) is 3.70. The van der Waals surface area contributed by atoms with E-state index < -0.39 is 10.8 Å². The molecule has 1 N–H and O–H groups in total. The number of halogens is 2. The highest BCUT2D eigenvalue weighted by atomic mass is 35.5. The van der Waals surface area contributed by atoms with Gasteiger partial charge in [0.15, 0.2) is 5.58 Å². The molecular weight excluding hydrogens is 465 g/mol. The van der Waals surface area contributed by atoms with Crippen LogP contribution in [-0.4, -0.2) is 15.8 Å². The van der Waals surface area contributed by atoms with Crippen molar-refractivity contribution in [1.29, 1.82) is 0 Å². The van der Waals surface area contributed by atoms with E-state index in [1.807, 2.05) is 18.2 Å². The standard InChI is InChI=1S/C24H19Cl2N3O4/c1-3-13(2)14-6-9-22-20(10-14)28-24(33-22)16-5-7-17(25)19(11-16)27-23(30)15-4-8-18(26)21(12-15)29(31)32/h4-13H,3H2,1-2H3,(H,27,30)/t13-/m0/s1. The maximum absolute atomic E-state index is 12.7. The molecule has 0 bridgehead atoms. The van der Waals surface area contributed by atoms with Gasteiger partial charge in [0.1, 0.15) is 10.5 Å². The first kappa shape index (κ1) is 22.8. The van der Waals surface area contributed by atoms with Crippen molar-refractivity contribution >= 4 is 51.6 Å². The van der Waals surface area contributed by atoms with Gasteiger partial charge in [-0.05, 0) is 60.4 Å². The van der Waals surface area contributed by atoms with Crippen LogP contribution in [0.3, 0.4) is 0 Å². The summed E-state index contributed by atoms with van der Waals surface area (Å²) in [5.74, 6) is 0.237. The number of hydrogen-bond acceptors (Lipinski definition) is 5. The van der Waals surface area contributed by atoms with E-state index in [1.165, 1.54) is 17.7 Å². The zero-order valence-corrected chi connectivity index (χ0v) is 19.3. The topological polar surface area (TPSA) is 98.3 Å². The minimum Gasteiger partial charge on any atom is -0.436 e. The third-order valence-corrected chi connectivity index (χ3v) is 6.11. The van der Waals surface area contributed by atoms with Gasteiger partial charge in [0.25, 0.3) is 11.6 Å². The third-order valence-electron chi connectivity index (χ3n) is 5.46. The van der Waals surface area contributed by atoms with E-state index in [1.54, 1.807) is 18.2 Å². The number of nitro groups is 1. The summed E-state index contributed by atoms with van der Waals surface area (Å²) in [6, 6.07) is 14.8. The van der Waals surface area contributed by atoms with Crippen LogP contribution < -0.4 is 5.32 Å². The molecule has 0 saturated heterocycles. The van der Waals surface area contributed by atoms with Crippen molar-refractivity contribution in [3.05, 3.63) is 85.9 Å². The maximum atomic E-state index is 12.7. The number of carbonyl (C=O) groups excluding carboxylic acids is 1. The molecule has 1 atom stereocenters. The summed E-state index contributed by atoms with van der Waals surface area (Å²) in [5.41, 5.74) is 3.26. The highest BCUT2D eigenvalue weighted by Crippen LogP contribution is 2.32. The number of anilines is 1. The van der Waals surface area contributed by atoms with E-state index >= 15 is 0 Å². The molecule has 7 nitrogen and oxygen atoms in total. The number of nitrogens with one attached hydrogen (secondary N) is 1. The maximum Gasteiger partial charge on any atom is 0.288 e. The normalized spacial score (nSPS) is 12.0. The monoisotopic (exact) mass is 483 g/mol. The average Bonchev–Trinajstić information content (AvgIpc) is 3.23. The fraction of sp³-hybridized carbons (Fsp3) is 0.167. The Hall–Kier alpha value is -3.42. The van der Waals surface area contributed by atoms with Crippen LogP contribution in [0.1, 0.15) is 42.1 Å². The molecule has 1 aromatic heterocycles. The van der Waals surface area contributed by atoms with Crippen molar-refractivity contribution in [1.82, 2.24) is 4.98 Å². The average molecular weight is 484 g/mol. The van der Waals surface area contributed by atoms with Gasteiger partial charge >= 0.3 is 0 Å². The molecule has 0 fully saturated rings. The summed E-state index contributed by atoms with van der Waals surface area (Å²) in [6.45, 7) is 4.29. The molecule has 9 heteroatoms. The Kier molecular flexibility index (Phi) is 6.35. The first-order valence-electron chi connectivity index (χ1n) is 10.2. The summed E-state index contributed by atoms with van der Waals surface area (Å²) >= 11 is 12.1. The van der Waals surface area contributed by atoms with E-state index in [-0.39, 0.29) is 16.3 Å². The van der Waals surface area contributed by atoms with E-state index in [4.69, 9.17) is 27.6 Å². The van der Waals surface area contributed by atoms with Crippen LogP contribution >= 0.6 is 23.2 Å². The Morgan fingerprint density at radius 2 is 1.88 bits per heavy atom. The number of benzene rings is 3. The molecule has 4 aromatic rings. The van der Waals surface area contributed by atoms with Crippen molar-refractivity contribution in [3.63, 3.8) is 0 Å². The van der Waals surface area contributed by atoms with Gasteiger partial charge in [0, 0.05) is 17.2 Å². The van der Waals surface area contributed by atoms with Crippen LogP contribution in [0.15, 0.2) is 59.0 Å². The molecule has 4 rings (SSSR count). The molecule has 33 heavy (non-hydrogen) atoms. The fourth-order valence-electron chi connectivity index (χ4n) is 3.35. The predicted molar refractivity (Wildman–Crippen MR) is 129 cm³/mol. The van der Waals surface area contributed by atoms with Crippen LogP contribution in [0.5, 0.6) is 0 Å². The summed E-state index contributed by atoms with van der Waals surface area (Å²) < 4.78 is 5.91. The lowest BCUT2D eigenvalue weighted by Crippen LogP contribution is -2.12. The molecule has 168 valence electrons.